The fourth-order valence-electron chi connectivity index (χ4n) is 4.20. The summed E-state index contributed by atoms with van der Waals surface area (Å²) in [5.41, 5.74) is 1.70. The summed E-state index contributed by atoms with van der Waals surface area (Å²) in [6.45, 7) is -1.99. The average Bonchev–Trinajstić information content (AvgIpc) is 3.53. The largest absolute Gasteiger partial charge is 0.434 e. The molecule has 4 heterocycles. The summed E-state index contributed by atoms with van der Waals surface area (Å²) in [4.78, 5) is 19.7. The van der Waals surface area contributed by atoms with Crippen LogP contribution >= 0.6 is 11.8 Å². The first-order valence-electron chi connectivity index (χ1n) is 11.8. The van der Waals surface area contributed by atoms with Crippen LogP contribution in [0.5, 0.6) is 5.75 Å². The molecule has 1 amide bonds. The standard InChI is InChI=1S/C25H25F2N7O3S/c1-38-16-6-7-20(37-25(26)27)17(12-16)22-19(14-33(31-22)15-21(35)32-9-3-2-4-10-32)30-24(36)18-13-29-34-11-5-8-28-23(18)34/h2-3,5-8,11-14,24-25,30,36H,4,9-10,15H2,1H3. The van der Waals surface area contributed by atoms with E-state index in [0.717, 1.165) is 11.3 Å². The van der Waals surface area contributed by atoms with Gasteiger partial charge in [0.05, 0.1) is 17.4 Å². The van der Waals surface area contributed by atoms with Crippen LogP contribution in [0, 0.1) is 0 Å². The summed E-state index contributed by atoms with van der Waals surface area (Å²) in [5, 5.41) is 22.8. The summed E-state index contributed by atoms with van der Waals surface area (Å²) in [6, 6.07) is 6.51. The van der Waals surface area contributed by atoms with E-state index in [2.05, 4.69) is 20.5 Å². The number of aliphatic hydroxyl groups excluding tert-OH is 1. The lowest BCUT2D eigenvalue weighted by Crippen LogP contribution is -2.36. The Kier molecular flexibility index (Phi) is 7.56. The molecular formula is C25H25F2N7O3S. The second-order valence-electron chi connectivity index (χ2n) is 8.46. The van der Waals surface area contributed by atoms with Gasteiger partial charge in [-0.3, -0.25) is 9.48 Å². The quantitative estimate of drug-likeness (QED) is 0.187. The highest BCUT2D eigenvalue weighted by molar-refractivity contribution is 7.98. The van der Waals surface area contributed by atoms with E-state index in [1.165, 1.54) is 33.2 Å². The van der Waals surface area contributed by atoms with E-state index >= 15 is 0 Å². The number of nitrogens with zero attached hydrogens (tertiary/aromatic N) is 6. The smallest absolute Gasteiger partial charge is 0.387 e. The van der Waals surface area contributed by atoms with E-state index in [9.17, 15) is 18.7 Å². The number of alkyl halides is 2. The third-order valence-corrected chi connectivity index (χ3v) is 6.75. The number of ether oxygens (including phenoxy) is 1. The number of aliphatic hydroxyl groups is 1. The van der Waals surface area contributed by atoms with Crippen molar-refractivity contribution in [3.8, 4) is 17.0 Å². The molecule has 13 heteroatoms. The minimum absolute atomic E-state index is 0.0653. The van der Waals surface area contributed by atoms with Gasteiger partial charge in [-0.2, -0.15) is 19.0 Å². The maximum Gasteiger partial charge on any atom is 0.387 e. The second-order valence-corrected chi connectivity index (χ2v) is 9.34. The zero-order chi connectivity index (χ0) is 26.6. The molecule has 0 aliphatic carbocycles. The van der Waals surface area contributed by atoms with E-state index in [1.54, 1.807) is 41.7 Å². The third kappa shape index (κ3) is 5.48. The van der Waals surface area contributed by atoms with Gasteiger partial charge in [0, 0.05) is 42.1 Å². The number of fused-ring (bicyclic) bond motifs is 1. The van der Waals surface area contributed by atoms with Gasteiger partial charge < -0.3 is 20.1 Å². The molecule has 0 radical (unpaired) electrons. The van der Waals surface area contributed by atoms with Crippen molar-refractivity contribution in [1.29, 1.82) is 0 Å². The number of aromatic nitrogens is 5. The highest BCUT2D eigenvalue weighted by Gasteiger charge is 2.24. The molecule has 5 rings (SSSR count). The lowest BCUT2D eigenvalue weighted by molar-refractivity contribution is -0.131. The SMILES string of the molecule is CSc1ccc(OC(F)F)c(-c2nn(CC(=O)N3CC=CCC3)cc2NC(O)c2cnn3cccnc23)c1. The van der Waals surface area contributed by atoms with Gasteiger partial charge in [-0.15, -0.1) is 11.8 Å². The molecule has 4 aromatic rings. The molecule has 10 nitrogen and oxygen atoms in total. The van der Waals surface area contributed by atoms with Crippen LogP contribution in [0.3, 0.4) is 0 Å². The molecule has 0 spiro atoms. The number of thioether (sulfide) groups is 1. The summed E-state index contributed by atoms with van der Waals surface area (Å²) in [6.07, 6.45) is 11.7. The monoisotopic (exact) mass is 541 g/mol. The first-order valence-corrected chi connectivity index (χ1v) is 13.0. The van der Waals surface area contributed by atoms with Gasteiger partial charge in [-0.1, -0.05) is 12.2 Å². The van der Waals surface area contributed by atoms with Gasteiger partial charge in [-0.25, -0.2) is 9.50 Å². The molecule has 0 bridgehead atoms. The summed E-state index contributed by atoms with van der Waals surface area (Å²) in [5.74, 6) is -0.213. The first-order chi connectivity index (χ1) is 18.4. The van der Waals surface area contributed by atoms with Crippen LogP contribution in [0.2, 0.25) is 0 Å². The van der Waals surface area contributed by atoms with Gasteiger partial charge in [0.15, 0.2) is 11.9 Å². The number of nitrogens with one attached hydrogen (secondary N) is 1. The topological polar surface area (TPSA) is 110 Å². The summed E-state index contributed by atoms with van der Waals surface area (Å²) < 4.78 is 34.2. The minimum atomic E-state index is -3.04. The maximum absolute atomic E-state index is 13.2. The predicted molar refractivity (Wildman–Crippen MR) is 138 cm³/mol. The third-order valence-electron chi connectivity index (χ3n) is 6.02. The van der Waals surface area contributed by atoms with Crippen LogP contribution < -0.4 is 10.1 Å². The van der Waals surface area contributed by atoms with Gasteiger partial charge in [-0.05, 0) is 36.9 Å². The number of anilines is 1. The van der Waals surface area contributed by atoms with Crippen LogP contribution in [-0.2, 0) is 11.3 Å². The summed E-state index contributed by atoms with van der Waals surface area (Å²) >= 11 is 1.43. The molecule has 0 saturated carbocycles. The van der Waals surface area contributed by atoms with E-state index in [-0.39, 0.29) is 29.5 Å². The molecular weight excluding hydrogens is 516 g/mol. The number of hydrogen-bond donors (Lipinski definition) is 2. The van der Waals surface area contributed by atoms with Crippen molar-refractivity contribution >= 4 is 29.0 Å². The van der Waals surface area contributed by atoms with Gasteiger partial charge >= 0.3 is 6.61 Å². The van der Waals surface area contributed by atoms with Crippen molar-refractivity contribution < 1.29 is 23.4 Å². The second kappa shape index (κ2) is 11.2. The fourth-order valence-corrected chi connectivity index (χ4v) is 4.64. The lowest BCUT2D eigenvalue weighted by atomic mass is 10.1. The zero-order valence-electron chi connectivity index (χ0n) is 20.4. The Morgan fingerprint density at radius 3 is 2.95 bits per heavy atom. The first kappa shape index (κ1) is 25.7. The fraction of sp³-hybridized carbons (Fsp3) is 0.280. The predicted octanol–water partition coefficient (Wildman–Crippen LogP) is 3.81. The molecule has 3 aromatic heterocycles. The number of amides is 1. The molecule has 0 saturated heterocycles. The van der Waals surface area contributed by atoms with E-state index < -0.39 is 12.8 Å². The van der Waals surface area contributed by atoms with Crippen molar-refractivity contribution in [1.82, 2.24) is 29.3 Å². The normalized spacial score (nSPS) is 14.3. The molecule has 1 aliphatic heterocycles. The van der Waals surface area contributed by atoms with Gasteiger partial charge in [0.25, 0.3) is 0 Å². The number of halogens is 2. The number of benzene rings is 1. The van der Waals surface area contributed by atoms with Crippen LogP contribution in [0.1, 0.15) is 18.2 Å². The molecule has 1 atom stereocenters. The zero-order valence-corrected chi connectivity index (χ0v) is 21.2. The highest BCUT2D eigenvalue weighted by atomic mass is 32.2. The van der Waals surface area contributed by atoms with E-state index in [0.29, 0.717) is 30.0 Å². The van der Waals surface area contributed by atoms with E-state index in [1.807, 2.05) is 18.4 Å². The van der Waals surface area contributed by atoms with Crippen molar-refractivity contribution in [3.63, 3.8) is 0 Å². The Bertz CT molecular complexity index is 1470. The van der Waals surface area contributed by atoms with Crippen molar-refractivity contribution in [2.75, 3.05) is 24.7 Å². The van der Waals surface area contributed by atoms with Crippen LogP contribution in [0.25, 0.3) is 16.9 Å². The maximum atomic E-state index is 13.2. The Labute approximate surface area is 220 Å². The van der Waals surface area contributed by atoms with Crippen LogP contribution in [-0.4, -0.2) is 66.2 Å². The number of carbonyl (C=O) groups is 1. The van der Waals surface area contributed by atoms with E-state index in [4.69, 9.17) is 4.74 Å². The van der Waals surface area contributed by atoms with Crippen molar-refractivity contribution in [2.45, 2.75) is 30.7 Å². The highest BCUT2D eigenvalue weighted by Crippen LogP contribution is 2.38. The molecule has 198 valence electrons. The van der Waals surface area contributed by atoms with Crippen LogP contribution in [0.15, 0.2) is 66.1 Å². The van der Waals surface area contributed by atoms with Crippen molar-refractivity contribution in [2.24, 2.45) is 0 Å². The Morgan fingerprint density at radius 1 is 1.32 bits per heavy atom. The average molecular weight is 542 g/mol. The molecule has 2 N–H and O–H groups in total. The molecule has 1 unspecified atom stereocenters. The van der Waals surface area contributed by atoms with Gasteiger partial charge in [0.2, 0.25) is 5.91 Å². The number of carbonyl (C=O) groups excluding carboxylic acids is 1. The molecule has 38 heavy (non-hydrogen) atoms. The molecule has 0 fully saturated rings. The Balaban J connectivity index is 1.53. The molecule has 1 aliphatic rings. The molecule has 1 aromatic carbocycles. The Hall–Kier alpha value is -3.97. The lowest BCUT2D eigenvalue weighted by Gasteiger charge is -2.23. The van der Waals surface area contributed by atoms with Crippen LogP contribution in [0.4, 0.5) is 14.5 Å². The minimum Gasteiger partial charge on any atom is -0.434 e. The number of rotatable bonds is 9. The number of hydrogen-bond acceptors (Lipinski definition) is 8. The van der Waals surface area contributed by atoms with Gasteiger partial charge in [0.1, 0.15) is 18.0 Å². The Morgan fingerprint density at radius 2 is 2.18 bits per heavy atom. The van der Waals surface area contributed by atoms with Crippen molar-refractivity contribution in [3.05, 3.63) is 66.8 Å². The summed E-state index contributed by atoms with van der Waals surface area (Å²) in [7, 11) is 0.